The molecule has 0 radical (unpaired) electrons. The highest BCUT2D eigenvalue weighted by Gasteiger charge is 2.05. The van der Waals surface area contributed by atoms with Gasteiger partial charge in [-0.1, -0.05) is 12.1 Å². The van der Waals surface area contributed by atoms with Crippen LogP contribution in [0.1, 0.15) is 5.56 Å². The number of carbonyl (C=O) groups is 1. The number of methoxy groups -OCH3 is 1. The first-order valence-corrected chi connectivity index (χ1v) is 5.89. The Morgan fingerprint density at radius 1 is 1.35 bits per heavy atom. The summed E-state index contributed by atoms with van der Waals surface area (Å²) in [6.45, 7) is -0.150. The minimum Gasteiger partial charge on any atom is -0.493 e. The van der Waals surface area contributed by atoms with Crippen molar-refractivity contribution in [1.29, 1.82) is 0 Å². The molecule has 0 saturated heterocycles. The van der Waals surface area contributed by atoms with E-state index in [0.717, 1.165) is 5.56 Å². The average Bonchev–Trinajstić information content (AvgIpc) is 2.98. The van der Waals surface area contributed by atoms with Gasteiger partial charge in [0.1, 0.15) is 0 Å². The fraction of sp³-hybridized carbons (Fsp3) is 0.143. The normalized spacial score (nSPS) is 10.4. The molecule has 1 heterocycles. The Hall–Kier alpha value is -2.76. The first-order valence-electron chi connectivity index (χ1n) is 5.89. The standard InChI is InChI=1S/C14H14N2O4/c1-18-12-4-2-3-5-13(12)20-10-14(17)16-15-8-11-6-7-19-9-11/h2-9H,10H2,1H3,(H,16,17)/b15-8+. The smallest absolute Gasteiger partial charge is 0.277 e. The van der Waals surface area contributed by atoms with Crippen molar-refractivity contribution < 1.29 is 18.7 Å². The van der Waals surface area contributed by atoms with Gasteiger partial charge in [-0.3, -0.25) is 4.79 Å². The number of ether oxygens (including phenoxy) is 2. The van der Waals surface area contributed by atoms with Gasteiger partial charge >= 0.3 is 0 Å². The predicted octanol–water partition coefficient (Wildman–Crippen LogP) is 1.82. The highest BCUT2D eigenvalue weighted by molar-refractivity contribution is 5.82. The highest BCUT2D eigenvalue weighted by atomic mass is 16.5. The first kappa shape index (κ1) is 13.7. The maximum Gasteiger partial charge on any atom is 0.277 e. The fourth-order valence-electron chi connectivity index (χ4n) is 1.44. The maximum atomic E-state index is 11.5. The second kappa shape index (κ2) is 6.98. The fourth-order valence-corrected chi connectivity index (χ4v) is 1.44. The molecule has 6 nitrogen and oxygen atoms in total. The second-order valence-corrected chi connectivity index (χ2v) is 3.79. The molecule has 0 bridgehead atoms. The molecule has 0 aliphatic rings. The minimum atomic E-state index is -0.365. The number of para-hydroxylation sites is 2. The number of rotatable bonds is 6. The van der Waals surface area contributed by atoms with E-state index in [4.69, 9.17) is 13.9 Å². The average molecular weight is 274 g/mol. The van der Waals surface area contributed by atoms with Gasteiger partial charge < -0.3 is 13.9 Å². The van der Waals surface area contributed by atoms with Crippen molar-refractivity contribution in [3.8, 4) is 11.5 Å². The van der Waals surface area contributed by atoms with Crippen LogP contribution in [0.2, 0.25) is 0 Å². The Balaban J connectivity index is 1.80. The van der Waals surface area contributed by atoms with E-state index in [1.165, 1.54) is 25.9 Å². The lowest BCUT2D eigenvalue weighted by molar-refractivity contribution is -0.123. The topological polar surface area (TPSA) is 73.1 Å². The Bertz CT molecular complexity index is 579. The van der Waals surface area contributed by atoms with Crippen LogP contribution in [0, 0.1) is 0 Å². The van der Waals surface area contributed by atoms with Crippen molar-refractivity contribution in [2.75, 3.05) is 13.7 Å². The summed E-state index contributed by atoms with van der Waals surface area (Å²) in [7, 11) is 1.54. The number of hydrogen-bond acceptors (Lipinski definition) is 5. The third-order valence-corrected chi connectivity index (χ3v) is 2.37. The van der Waals surface area contributed by atoms with E-state index < -0.39 is 0 Å². The third kappa shape index (κ3) is 3.88. The number of hydrazone groups is 1. The summed E-state index contributed by atoms with van der Waals surface area (Å²) in [6, 6.07) is 8.82. The molecule has 2 rings (SSSR count). The number of nitrogens with zero attached hydrogens (tertiary/aromatic N) is 1. The van der Waals surface area contributed by atoms with Gasteiger partial charge in [0.2, 0.25) is 0 Å². The SMILES string of the molecule is COc1ccccc1OCC(=O)N/N=C/c1ccoc1. The van der Waals surface area contributed by atoms with E-state index >= 15 is 0 Å². The third-order valence-electron chi connectivity index (χ3n) is 2.37. The summed E-state index contributed by atoms with van der Waals surface area (Å²) < 4.78 is 15.3. The Morgan fingerprint density at radius 2 is 2.15 bits per heavy atom. The van der Waals surface area contributed by atoms with Gasteiger partial charge in [-0.15, -0.1) is 0 Å². The van der Waals surface area contributed by atoms with Crippen molar-refractivity contribution in [3.05, 3.63) is 48.4 Å². The van der Waals surface area contributed by atoms with Gasteiger partial charge in [0.15, 0.2) is 18.1 Å². The molecule has 6 heteroatoms. The van der Waals surface area contributed by atoms with Crippen LogP contribution in [0.25, 0.3) is 0 Å². The van der Waals surface area contributed by atoms with Crippen LogP contribution in [0.3, 0.4) is 0 Å². The van der Waals surface area contributed by atoms with E-state index in [1.54, 1.807) is 24.3 Å². The molecule has 0 atom stereocenters. The van der Waals surface area contributed by atoms with Gasteiger partial charge in [-0.2, -0.15) is 5.10 Å². The number of hydrogen-bond donors (Lipinski definition) is 1. The summed E-state index contributed by atoms with van der Waals surface area (Å²) in [5.74, 6) is 0.710. The molecule has 0 saturated carbocycles. The van der Waals surface area contributed by atoms with Gasteiger partial charge in [0.05, 0.1) is 25.9 Å². The van der Waals surface area contributed by atoms with Crippen molar-refractivity contribution in [2.45, 2.75) is 0 Å². The lowest BCUT2D eigenvalue weighted by atomic mass is 10.3. The van der Waals surface area contributed by atoms with Crippen LogP contribution in [-0.2, 0) is 4.79 Å². The molecule has 20 heavy (non-hydrogen) atoms. The molecule has 1 aromatic heterocycles. The van der Waals surface area contributed by atoms with Crippen LogP contribution in [0.4, 0.5) is 0 Å². The molecular formula is C14H14N2O4. The number of benzene rings is 1. The van der Waals surface area contributed by atoms with E-state index in [9.17, 15) is 4.79 Å². The van der Waals surface area contributed by atoms with Crippen molar-refractivity contribution in [3.63, 3.8) is 0 Å². The Morgan fingerprint density at radius 3 is 2.85 bits per heavy atom. The van der Waals surface area contributed by atoms with Crippen LogP contribution >= 0.6 is 0 Å². The van der Waals surface area contributed by atoms with Gasteiger partial charge in [-0.05, 0) is 18.2 Å². The van der Waals surface area contributed by atoms with E-state index in [1.807, 2.05) is 6.07 Å². The molecule has 0 fully saturated rings. The largest absolute Gasteiger partial charge is 0.493 e. The number of carbonyl (C=O) groups excluding carboxylic acids is 1. The lowest BCUT2D eigenvalue weighted by Crippen LogP contribution is -2.24. The highest BCUT2D eigenvalue weighted by Crippen LogP contribution is 2.25. The van der Waals surface area contributed by atoms with Crippen LogP contribution in [0.5, 0.6) is 11.5 Å². The molecule has 0 aliphatic heterocycles. The molecule has 0 unspecified atom stereocenters. The van der Waals surface area contributed by atoms with Crippen molar-refractivity contribution in [2.24, 2.45) is 5.10 Å². The predicted molar refractivity (Wildman–Crippen MR) is 72.9 cm³/mol. The molecule has 2 aromatic rings. The zero-order valence-corrected chi connectivity index (χ0v) is 10.9. The number of furan rings is 1. The summed E-state index contributed by atoms with van der Waals surface area (Å²) in [5.41, 5.74) is 3.11. The van der Waals surface area contributed by atoms with Crippen molar-refractivity contribution in [1.82, 2.24) is 5.43 Å². The Kier molecular flexibility index (Phi) is 4.77. The number of amides is 1. The first-order chi connectivity index (χ1) is 9.79. The molecular weight excluding hydrogens is 260 g/mol. The van der Waals surface area contributed by atoms with Gasteiger partial charge in [-0.25, -0.2) is 5.43 Å². The summed E-state index contributed by atoms with van der Waals surface area (Å²) in [4.78, 5) is 11.5. The minimum absolute atomic E-state index is 0.150. The Labute approximate surface area is 116 Å². The quantitative estimate of drug-likeness (QED) is 0.644. The van der Waals surface area contributed by atoms with Gasteiger partial charge in [0.25, 0.3) is 5.91 Å². The van der Waals surface area contributed by atoms with Crippen molar-refractivity contribution >= 4 is 12.1 Å². The zero-order valence-electron chi connectivity index (χ0n) is 10.9. The van der Waals surface area contributed by atoms with Crippen LogP contribution in [-0.4, -0.2) is 25.8 Å². The summed E-state index contributed by atoms with van der Waals surface area (Å²) in [6.07, 6.45) is 4.51. The molecule has 1 amide bonds. The molecule has 0 aliphatic carbocycles. The second-order valence-electron chi connectivity index (χ2n) is 3.79. The maximum absolute atomic E-state index is 11.5. The molecule has 1 aromatic carbocycles. The molecule has 104 valence electrons. The van der Waals surface area contributed by atoms with E-state index in [2.05, 4.69) is 10.5 Å². The van der Waals surface area contributed by atoms with Crippen LogP contribution in [0.15, 0.2) is 52.4 Å². The summed E-state index contributed by atoms with van der Waals surface area (Å²) >= 11 is 0. The van der Waals surface area contributed by atoms with Crippen LogP contribution < -0.4 is 14.9 Å². The molecule has 0 spiro atoms. The van der Waals surface area contributed by atoms with Gasteiger partial charge in [0, 0.05) is 5.56 Å². The van der Waals surface area contributed by atoms with E-state index in [0.29, 0.717) is 11.5 Å². The summed E-state index contributed by atoms with van der Waals surface area (Å²) in [5, 5.41) is 3.77. The lowest BCUT2D eigenvalue weighted by Gasteiger charge is -2.08. The molecule has 1 N–H and O–H groups in total. The van der Waals surface area contributed by atoms with E-state index in [-0.39, 0.29) is 12.5 Å². The zero-order chi connectivity index (χ0) is 14.2. The monoisotopic (exact) mass is 274 g/mol. The number of nitrogens with one attached hydrogen (secondary N) is 1.